The highest BCUT2D eigenvalue weighted by Gasteiger charge is 2.75. The maximum atomic E-state index is 13.5. The third-order valence-corrected chi connectivity index (χ3v) is 11.2. The van der Waals surface area contributed by atoms with Gasteiger partial charge in [-0.3, -0.25) is 14.4 Å². The minimum absolute atomic E-state index is 0.164. The number of nitrogens with zero attached hydrogens (tertiary/aromatic N) is 1. The van der Waals surface area contributed by atoms with Crippen LogP contribution in [-0.4, -0.2) is 79.6 Å². The molecule has 6 atom stereocenters. The largest absolute Gasteiger partial charge is 0.466 e. The van der Waals surface area contributed by atoms with Gasteiger partial charge in [-0.25, -0.2) is 0 Å². The van der Waals surface area contributed by atoms with E-state index in [0.29, 0.717) is 42.0 Å². The van der Waals surface area contributed by atoms with Crippen molar-refractivity contribution in [2.24, 2.45) is 11.1 Å². The van der Waals surface area contributed by atoms with Gasteiger partial charge in [0.1, 0.15) is 11.1 Å². The van der Waals surface area contributed by atoms with Crippen molar-refractivity contribution in [1.29, 1.82) is 0 Å². The van der Waals surface area contributed by atoms with Crippen LogP contribution >= 0.6 is 23.5 Å². The Kier molecular flexibility index (Phi) is 8.44. The third kappa shape index (κ3) is 4.88. The highest BCUT2D eigenvalue weighted by atomic mass is 32.2. The normalized spacial score (nSPS) is 31.4. The number of nitrogens with one attached hydrogen (secondary N) is 2. The van der Waals surface area contributed by atoms with Crippen molar-refractivity contribution in [2.75, 3.05) is 18.1 Å². The number of benzene rings is 2. The van der Waals surface area contributed by atoms with Crippen LogP contribution in [0.5, 0.6) is 0 Å². The van der Waals surface area contributed by atoms with Gasteiger partial charge < -0.3 is 25.7 Å². The van der Waals surface area contributed by atoms with Crippen molar-refractivity contribution >= 4 is 47.0 Å². The lowest BCUT2D eigenvalue weighted by Gasteiger charge is -2.53. The van der Waals surface area contributed by atoms with E-state index in [4.69, 9.17) is 4.74 Å². The number of fused-ring (bicyclic) bond motifs is 4. The molecule has 2 aromatic rings. The first-order valence-electron chi connectivity index (χ1n) is 13.4. The zero-order valence-electron chi connectivity index (χ0n) is 22.1. The number of esters is 1. The first-order chi connectivity index (χ1) is 19.4. The number of carbonyl (C=O) groups is 3. The van der Waals surface area contributed by atoms with Gasteiger partial charge in [-0.2, -0.15) is 11.8 Å². The van der Waals surface area contributed by atoms with Gasteiger partial charge in [0.25, 0.3) is 11.8 Å². The number of oxime groups is 1. The van der Waals surface area contributed by atoms with Gasteiger partial charge in [-0.05, 0) is 49.9 Å². The van der Waals surface area contributed by atoms with E-state index >= 15 is 0 Å². The van der Waals surface area contributed by atoms with Crippen molar-refractivity contribution in [3.05, 3.63) is 71.8 Å². The Morgan fingerprint density at radius 2 is 1.68 bits per heavy atom. The van der Waals surface area contributed by atoms with E-state index in [1.54, 1.807) is 67.2 Å². The molecule has 2 aliphatic heterocycles. The van der Waals surface area contributed by atoms with Crippen LogP contribution in [-0.2, 0) is 9.53 Å². The Morgan fingerprint density at radius 1 is 1.02 bits per heavy atom. The van der Waals surface area contributed by atoms with Crippen LogP contribution in [0.3, 0.4) is 0 Å². The van der Waals surface area contributed by atoms with Crippen molar-refractivity contribution in [2.45, 2.75) is 53.9 Å². The fraction of sp³-hybridized carbons (Fsp3) is 0.448. The Bertz CT molecular complexity index is 1280. The Hall–Kier alpha value is -3.02. The topological polar surface area (TPSA) is 137 Å². The summed E-state index contributed by atoms with van der Waals surface area (Å²) in [6, 6.07) is 16.7. The molecule has 3 aliphatic rings. The fourth-order valence-electron chi connectivity index (χ4n) is 6.26. The third-order valence-electron chi connectivity index (χ3n) is 8.09. The van der Waals surface area contributed by atoms with Gasteiger partial charge in [0.2, 0.25) is 0 Å². The number of thioether (sulfide) groups is 2. The number of hydrogen-bond donors (Lipinski definition) is 4. The summed E-state index contributed by atoms with van der Waals surface area (Å²) in [7, 11) is 0. The SMILES string of the molecule is CCOC(=O)CCC[C@@H]1[C@H]2SC[C@@](NC(=O)c3ccccc3)(/C2=N\O)[C@]2(O)[C@H](NC(=O)c3ccccc3)CS[C@@H]12. The molecule has 2 saturated heterocycles. The molecule has 2 aromatic carbocycles. The van der Waals surface area contributed by atoms with Crippen LogP contribution in [0.1, 0.15) is 46.9 Å². The zero-order chi connectivity index (χ0) is 28.3. The van der Waals surface area contributed by atoms with E-state index in [2.05, 4.69) is 15.8 Å². The standard InChI is InChI=1S/C29H33N3O6S2/c1-2-38-22(33)15-9-14-20-23-24(32-37)28(17-40-23,31-27(35)19-12-7-4-8-13-19)29(36)21(16-39-25(20)29)30-26(34)18-10-5-3-6-11-18/h3-8,10-13,20-21,23,25,36-37H,2,9,14-17H2,1H3,(H,30,34)(H,31,35)/b32-24-/t20-,21-,23-,25+,28-,29+/m1/s1. The zero-order valence-corrected chi connectivity index (χ0v) is 23.7. The minimum Gasteiger partial charge on any atom is -0.466 e. The van der Waals surface area contributed by atoms with E-state index < -0.39 is 28.3 Å². The second-order valence-corrected chi connectivity index (χ2v) is 12.6. The van der Waals surface area contributed by atoms with E-state index in [9.17, 15) is 24.7 Å². The van der Waals surface area contributed by atoms with E-state index in [1.807, 2.05) is 12.1 Å². The molecule has 0 radical (unpaired) electrons. The number of rotatable bonds is 9. The molecule has 4 N–H and O–H groups in total. The molecule has 40 heavy (non-hydrogen) atoms. The van der Waals surface area contributed by atoms with Gasteiger partial charge in [-0.1, -0.05) is 41.6 Å². The van der Waals surface area contributed by atoms with E-state index in [1.165, 1.54) is 11.8 Å². The molecule has 1 aliphatic carbocycles. The molecule has 9 nitrogen and oxygen atoms in total. The quantitative estimate of drug-likeness (QED) is 0.201. The highest BCUT2D eigenvalue weighted by Crippen LogP contribution is 2.59. The summed E-state index contributed by atoms with van der Waals surface area (Å²) in [4.78, 5) is 38.8. The van der Waals surface area contributed by atoms with Gasteiger partial charge >= 0.3 is 5.97 Å². The molecule has 0 aromatic heterocycles. The summed E-state index contributed by atoms with van der Waals surface area (Å²) in [5, 5.41) is 32.3. The average molecular weight is 584 g/mol. The van der Waals surface area contributed by atoms with E-state index in [-0.39, 0.29) is 35.2 Å². The van der Waals surface area contributed by atoms with Crippen LogP contribution in [0.15, 0.2) is 65.8 Å². The van der Waals surface area contributed by atoms with Gasteiger partial charge in [-0.15, -0.1) is 11.8 Å². The lowest BCUT2D eigenvalue weighted by molar-refractivity contribution is -0.143. The first-order valence-corrected chi connectivity index (χ1v) is 15.5. The van der Waals surface area contributed by atoms with Gasteiger partial charge in [0.15, 0.2) is 0 Å². The molecule has 2 bridgehead atoms. The van der Waals surface area contributed by atoms with Crippen molar-refractivity contribution in [3.8, 4) is 0 Å². The summed E-state index contributed by atoms with van der Waals surface area (Å²) in [5.41, 5.74) is -1.91. The van der Waals surface area contributed by atoms with Crippen molar-refractivity contribution in [1.82, 2.24) is 10.6 Å². The van der Waals surface area contributed by atoms with Crippen LogP contribution in [0.4, 0.5) is 0 Å². The average Bonchev–Trinajstić information content (AvgIpc) is 3.48. The molecular weight excluding hydrogens is 550 g/mol. The number of carbonyl (C=O) groups excluding carboxylic acids is 3. The molecule has 2 amide bonds. The molecule has 3 fully saturated rings. The van der Waals surface area contributed by atoms with Crippen LogP contribution in [0.25, 0.3) is 0 Å². The van der Waals surface area contributed by atoms with Gasteiger partial charge in [0.05, 0.1) is 23.6 Å². The molecule has 5 rings (SSSR count). The Labute approximate surface area is 241 Å². The lowest BCUT2D eigenvalue weighted by Crippen LogP contribution is -2.80. The van der Waals surface area contributed by atoms with Crippen molar-refractivity contribution in [3.63, 3.8) is 0 Å². The van der Waals surface area contributed by atoms with E-state index in [0.717, 1.165) is 0 Å². The number of ether oxygens (including phenoxy) is 1. The van der Waals surface area contributed by atoms with Crippen LogP contribution < -0.4 is 10.6 Å². The van der Waals surface area contributed by atoms with Crippen LogP contribution in [0.2, 0.25) is 0 Å². The molecule has 212 valence electrons. The summed E-state index contributed by atoms with van der Waals surface area (Å²) in [5.74, 6) is -0.494. The lowest BCUT2D eigenvalue weighted by atomic mass is 9.61. The predicted octanol–water partition coefficient (Wildman–Crippen LogP) is 3.11. The van der Waals surface area contributed by atoms with Crippen molar-refractivity contribution < 1.29 is 29.4 Å². The summed E-state index contributed by atoms with van der Waals surface area (Å²) in [6.07, 6.45) is 1.36. The summed E-state index contributed by atoms with van der Waals surface area (Å²) in [6.45, 7) is 2.08. The molecule has 2 heterocycles. The maximum Gasteiger partial charge on any atom is 0.305 e. The smallest absolute Gasteiger partial charge is 0.305 e. The van der Waals surface area contributed by atoms with Crippen LogP contribution in [0, 0.1) is 5.92 Å². The highest BCUT2D eigenvalue weighted by molar-refractivity contribution is 8.02. The number of aliphatic hydroxyl groups is 1. The molecule has 0 spiro atoms. The maximum absolute atomic E-state index is 13.5. The minimum atomic E-state index is -1.66. The number of hydrogen-bond acceptors (Lipinski definition) is 9. The number of amides is 2. The van der Waals surface area contributed by atoms with Gasteiger partial charge in [0, 0.05) is 34.3 Å². The molecule has 1 saturated carbocycles. The predicted molar refractivity (Wildman–Crippen MR) is 155 cm³/mol. The monoisotopic (exact) mass is 583 g/mol. The first kappa shape index (κ1) is 28.5. The fourth-order valence-corrected chi connectivity index (χ4v) is 10.1. The Balaban J connectivity index is 1.50. The molecular formula is C29H33N3O6S2. The Morgan fingerprint density at radius 3 is 2.30 bits per heavy atom. The second-order valence-electron chi connectivity index (χ2n) is 10.3. The molecule has 0 unspecified atom stereocenters. The second kappa shape index (κ2) is 11.8. The summed E-state index contributed by atoms with van der Waals surface area (Å²) >= 11 is 3.07. The molecule has 11 heteroatoms. The summed E-state index contributed by atoms with van der Waals surface area (Å²) < 4.78 is 5.09.